The molecule has 1 aromatic rings. The predicted octanol–water partition coefficient (Wildman–Crippen LogP) is 1.80. The number of ether oxygens (including phenoxy) is 1. The highest BCUT2D eigenvalue weighted by Crippen LogP contribution is 2.30. The molecule has 14 heavy (non-hydrogen) atoms. The number of fused-ring (bicyclic) bond motifs is 1. The second-order valence-electron chi connectivity index (χ2n) is 3.49. The Morgan fingerprint density at radius 3 is 2.79 bits per heavy atom. The molecule has 0 fully saturated rings. The molecular weight excluding hydrogens is 198 g/mol. The standard InChI is InChI=1S/C11H15NO.ClH/c1-12-9-6-8-4-3-5-11(13-2)10(8)7-9;/h3-5,9,12H,6-7H2,1-2H3;1H. The maximum absolute atomic E-state index is 5.32. The van der Waals surface area contributed by atoms with E-state index in [2.05, 4.69) is 17.4 Å². The second kappa shape index (κ2) is 4.67. The maximum Gasteiger partial charge on any atom is 0.122 e. The van der Waals surface area contributed by atoms with Crippen LogP contribution in [0.3, 0.4) is 0 Å². The van der Waals surface area contributed by atoms with Crippen molar-refractivity contribution in [2.24, 2.45) is 0 Å². The van der Waals surface area contributed by atoms with E-state index in [1.807, 2.05) is 13.1 Å². The van der Waals surface area contributed by atoms with Crippen LogP contribution in [-0.4, -0.2) is 20.2 Å². The minimum Gasteiger partial charge on any atom is -0.496 e. The van der Waals surface area contributed by atoms with Crippen LogP contribution in [0, 0.1) is 0 Å². The van der Waals surface area contributed by atoms with Crippen molar-refractivity contribution in [1.29, 1.82) is 0 Å². The Morgan fingerprint density at radius 2 is 2.14 bits per heavy atom. The number of hydrogen-bond acceptors (Lipinski definition) is 2. The molecule has 1 aromatic carbocycles. The van der Waals surface area contributed by atoms with Crippen molar-refractivity contribution < 1.29 is 4.74 Å². The van der Waals surface area contributed by atoms with Gasteiger partial charge in [0.1, 0.15) is 5.75 Å². The first kappa shape index (κ1) is 11.3. The average Bonchev–Trinajstić information content (AvgIpc) is 2.59. The minimum atomic E-state index is 0. The molecule has 0 heterocycles. The number of likely N-dealkylation sites (N-methyl/N-ethyl adjacent to an activating group) is 1. The monoisotopic (exact) mass is 213 g/mol. The van der Waals surface area contributed by atoms with E-state index in [4.69, 9.17) is 4.74 Å². The van der Waals surface area contributed by atoms with Gasteiger partial charge in [-0.2, -0.15) is 0 Å². The summed E-state index contributed by atoms with van der Waals surface area (Å²) in [7, 11) is 3.76. The molecule has 2 rings (SSSR count). The summed E-state index contributed by atoms with van der Waals surface area (Å²) in [5.74, 6) is 1.04. The van der Waals surface area contributed by atoms with Gasteiger partial charge in [0.05, 0.1) is 7.11 Å². The summed E-state index contributed by atoms with van der Waals surface area (Å²) in [5.41, 5.74) is 2.81. The van der Waals surface area contributed by atoms with Gasteiger partial charge in [0.2, 0.25) is 0 Å². The Kier molecular flexibility index (Phi) is 3.78. The Labute approximate surface area is 91.1 Å². The summed E-state index contributed by atoms with van der Waals surface area (Å²) in [6.07, 6.45) is 2.22. The first-order chi connectivity index (χ1) is 6.35. The number of halogens is 1. The number of benzene rings is 1. The first-order valence-corrected chi connectivity index (χ1v) is 4.67. The molecule has 1 unspecified atom stereocenters. The fourth-order valence-corrected chi connectivity index (χ4v) is 2.01. The third kappa shape index (κ3) is 1.86. The van der Waals surface area contributed by atoms with Gasteiger partial charge in [-0.15, -0.1) is 12.4 Å². The van der Waals surface area contributed by atoms with Crippen molar-refractivity contribution in [1.82, 2.24) is 5.32 Å². The Bertz CT molecular complexity index is 314. The van der Waals surface area contributed by atoms with Crippen LogP contribution in [-0.2, 0) is 12.8 Å². The molecule has 78 valence electrons. The van der Waals surface area contributed by atoms with Crippen LogP contribution in [0.15, 0.2) is 18.2 Å². The van der Waals surface area contributed by atoms with E-state index in [9.17, 15) is 0 Å². The molecule has 0 amide bonds. The van der Waals surface area contributed by atoms with E-state index in [1.54, 1.807) is 7.11 Å². The van der Waals surface area contributed by atoms with Crippen LogP contribution < -0.4 is 10.1 Å². The summed E-state index contributed by atoms with van der Waals surface area (Å²) < 4.78 is 5.32. The Hall–Kier alpha value is -0.730. The van der Waals surface area contributed by atoms with Crippen LogP contribution in [0.1, 0.15) is 11.1 Å². The van der Waals surface area contributed by atoms with Crippen molar-refractivity contribution in [3.8, 4) is 5.75 Å². The summed E-state index contributed by atoms with van der Waals surface area (Å²) in [4.78, 5) is 0. The zero-order valence-electron chi connectivity index (χ0n) is 8.54. The van der Waals surface area contributed by atoms with E-state index in [0.29, 0.717) is 6.04 Å². The van der Waals surface area contributed by atoms with Gasteiger partial charge < -0.3 is 10.1 Å². The molecule has 1 N–H and O–H groups in total. The molecule has 0 bridgehead atoms. The lowest BCUT2D eigenvalue weighted by Crippen LogP contribution is -2.24. The van der Waals surface area contributed by atoms with Crippen LogP contribution in [0.25, 0.3) is 0 Å². The fourth-order valence-electron chi connectivity index (χ4n) is 2.01. The summed E-state index contributed by atoms with van der Waals surface area (Å²) in [6, 6.07) is 6.88. The summed E-state index contributed by atoms with van der Waals surface area (Å²) in [6.45, 7) is 0. The molecule has 3 heteroatoms. The lowest BCUT2D eigenvalue weighted by Gasteiger charge is -2.06. The molecule has 1 atom stereocenters. The normalized spacial score (nSPS) is 18.6. The number of rotatable bonds is 2. The summed E-state index contributed by atoms with van der Waals surface area (Å²) >= 11 is 0. The molecule has 0 aromatic heterocycles. The van der Waals surface area contributed by atoms with E-state index in [-0.39, 0.29) is 12.4 Å². The molecule has 0 saturated carbocycles. The zero-order valence-corrected chi connectivity index (χ0v) is 9.36. The molecular formula is C11H16ClNO. The molecule has 0 spiro atoms. The average molecular weight is 214 g/mol. The molecule has 0 radical (unpaired) electrons. The van der Waals surface area contributed by atoms with Gasteiger partial charge in [-0.3, -0.25) is 0 Å². The van der Waals surface area contributed by atoms with Crippen LogP contribution in [0.5, 0.6) is 5.75 Å². The van der Waals surface area contributed by atoms with Crippen molar-refractivity contribution in [2.75, 3.05) is 14.2 Å². The Balaban J connectivity index is 0.000000980. The van der Waals surface area contributed by atoms with Gasteiger partial charge in [0.25, 0.3) is 0 Å². The molecule has 2 nitrogen and oxygen atoms in total. The number of methoxy groups -OCH3 is 1. The topological polar surface area (TPSA) is 21.3 Å². The highest BCUT2D eigenvalue weighted by atomic mass is 35.5. The molecule has 1 aliphatic carbocycles. The lowest BCUT2D eigenvalue weighted by molar-refractivity contribution is 0.409. The van der Waals surface area contributed by atoms with Gasteiger partial charge in [0.15, 0.2) is 0 Å². The van der Waals surface area contributed by atoms with E-state index >= 15 is 0 Å². The van der Waals surface area contributed by atoms with E-state index < -0.39 is 0 Å². The SMILES string of the molecule is CNC1Cc2cccc(OC)c2C1.Cl. The second-order valence-corrected chi connectivity index (χ2v) is 3.49. The fraction of sp³-hybridized carbons (Fsp3) is 0.455. The van der Waals surface area contributed by atoms with Gasteiger partial charge in [-0.1, -0.05) is 12.1 Å². The van der Waals surface area contributed by atoms with Gasteiger partial charge in [0, 0.05) is 6.04 Å². The maximum atomic E-state index is 5.32. The highest BCUT2D eigenvalue weighted by molar-refractivity contribution is 5.85. The third-order valence-electron chi connectivity index (χ3n) is 2.78. The predicted molar refractivity (Wildman–Crippen MR) is 60.5 cm³/mol. The zero-order chi connectivity index (χ0) is 9.26. The van der Waals surface area contributed by atoms with E-state index in [0.717, 1.165) is 18.6 Å². The van der Waals surface area contributed by atoms with Crippen molar-refractivity contribution in [3.05, 3.63) is 29.3 Å². The largest absolute Gasteiger partial charge is 0.496 e. The molecule has 1 aliphatic rings. The number of hydrogen-bond donors (Lipinski definition) is 1. The van der Waals surface area contributed by atoms with Crippen molar-refractivity contribution >= 4 is 12.4 Å². The molecule has 0 aliphatic heterocycles. The van der Waals surface area contributed by atoms with Crippen LogP contribution in [0.4, 0.5) is 0 Å². The Morgan fingerprint density at radius 1 is 1.36 bits per heavy atom. The highest BCUT2D eigenvalue weighted by Gasteiger charge is 2.22. The van der Waals surface area contributed by atoms with Crippen LogP contribution >= 0.6 is 12.4 Å². The van der Waals surface area contributed by atoms with Gasteiger partial charge in [-0.05, 0) is 37.1 Å². The number of nitrogens with one attached hydrogen (secondary N) is 1. The van der Waals surface area contributed by atoms with Gasteiger partial charge in [-0.25, -0.2) is 0 Å². The van der Waals surface area contributed by atoms with Crippen LogP contribution in [0.2, 0.25) is 0 Å². The van der Waals surface area contributed by atoms with Gasteiger partial charge >= 0.3 is 0 Å². The first-order valence-electron chi connectivity index (χ1n) is 4.67. The third-order valence-corrected chi connectivity index (χ3v) is 2.78. The quantitative estimate of drug-likeness (QED) is 0.809. The smallest absolute Gasteiger partial charge is 0.122 e. The molecule has 0 saturated heterocycles. The lowest BCUT2D eigenvalue weighted by atomic mass is 10.1. The van der Waals surface area contributed by atoms with Crippen molar-refractivity contribution in [2.45, 2.75) is 18.9 Å². The van der Waals surface area contributed by atoms with E-state index in [1.165, 1.54) is 11.1 Å². The van der Waals surface area contributed by atoms with Crippen molar-refractivity contribution in [3.63, 3.8) is 0 Å². The minimum absolute atomic E-state index is 0. The summed E-state index contributed by atoms with van der Waals surface area (Å²) in [5, 5.41) is 3.31.